The molecule has 4 saturated carbocycles. The van der Waals surface area contributed by atoms with E-state index in [0.29, 0.717) is 17.8 Å². The second-order valence-corrected chi connectivity index (χ2v) is 7.05. The molecule has 1 atom stereocenters. The Labute approximate surface area is 108 Å². The van der Waals surface area contributed by atoms with Crippen molar-refractivity contribution in [1.82, 2.24) is 0 Å². The Morgan fingerprint density at radius 3 is 1.89 bits per heavy atom. The smallest absolute Gasteiger partial charge is 0.333 e. The number of hydrogen-bond donors (Lipinski definition) is 2. The van der Waals surface area contributed by atoms with E-state index in [1.807, 2.05) is 0 Å². The van der Waals surface area contributed by atoms with Gasteiger partial charge >= 0.3 is 5.97 Å². The van der Waals surface area contributed by atoms with Gasteiger partial charge in [-0.3, -0.25) is 0 Å². The van der Waals surface area contributed by atoms with Crippen molar-refractivity contribution in [3.05, 3.63) is 12.2 Å². The zero-order chi connectivity index (χ0) is 13.1. The first kappa shape index (κ1) is 12.2. The Morgan fingerprint density at radius 2 is 1.56 bits per heavy atom. The van der Waals surface area contributed by atoms with Crippen molar-refractivity contribution >= 4 is 5.97 Å². The molecule has 0 aromatic carbocycles. The van der Waals surface area contributed by atoms with Crippen LogP contribution in [0.1, 0.15) is 45.4 Å². The van der Waals surface area contributed by atoms with Crippen LogP contribution in [-0.4, -0.2) is 21.8 Å². The lowest BCUT2D eigenvalue weighted by molar-refractivity contribution is -0.162. The zero-order valence-corrected chi connectivity index (χ0v) is 11.0. The number of carboxylic acids is 1. The molecule has 4 bridgehead atoms. The summed E-state index contributed by atoms with van der Waals surface area (Å²) in [6, 6.07) is 0. The van der Waals surface area contributed by atoms with Gasteiger partial charge in [-0.25, -0.2) is 4.79 Å². The highest BCUT2D eigenvalue weighted by atomic mass is 16.4. The lowest BCUT2D eigenvalue weighted by Crippen LogP contribution is -2.58. The van der Waals surface area contributed by atoms with E-state index in [1.165, 1.54) is 19.3 Å². The van der Waals surface area contributed by atoms with Gasteiger partial charge in [0.25, 0.3) is 0 Å². The summed E-state index contributed by atoms with van der Waals surface area (Å²) >= 11 is 0. The molecule has 4 rings (SSSR count). The van der Waals surface area contributed by atoms with Crippen molar-refractivity contribution in [2.75, 3.05) is 0 Å². The molecular formula is C15H22O3. The minimum absolute atomic E-state index is 0.0237. The standard InChI is InChI=1S/C15H22O3/c1-9(13(16)17)14(2,18)15-6-10-3-11(7-15)5-12(4-10)8-15/h10-12,18H,1,3-8H2,2H3,(H,16,17). The van der Waals surface area contributed by atoms with E-state index < -0.39 is 11.6 Å². The summed E-state index contributed by atoms with van der Waals surface area (Å²) in [5, 5.41) is 20.0. The Morgan fingerprint density at radius 1 is 1.17 bits per heavy atom. The van der Waals surface area contributed by atoms with Crippen molar-refractivity contribution in [3.8, 4) is 0 Å². The van der Waals surface area contributed by atoms with E-state index in [-0.39, 0.29) is 11.0 Å². The summed E-state index contributed by atoms with van der Waals surface area (Å²) in [6.45, 7) is 5.31. The first-order valence-corrected chi connectivity index (χ1v) is 6.99. The highest BCUT2D eigenvalue weighted by Gasteiger charge is 2.59. The van der Waals surface area contributed by atoms with Gasteiger partial charge in [-0.05, 0) is 63.2 Å². The van der Waals surface area contributed by atoms with Crippen LogP contribution in [0.2, 0.25) is 0 Å². The molecule has 0 amide bonds. The normalized spacial score (nSPS) is 44.7. The number of carbonyl (C=O) groups is 1. The number of hydrogen-bond acceptors (Lipinski definition) is 2. The molecule has 0 heterocycles. The van der Waals surface area contributed by atoms with Crippen molar-refractivity contribution in [2.45, 2.75) is 51.0 Å². The van der Waals surface area contributed by atoms with E-state index in [9.17, 15) is 9.90 Å². The van der Waals surface area contributed by atoms with Crippen LogP contribution in [0, 0.1) is 23.2 Å². The second kappa shape index (κ2) is 3.60. The molecule has 0 saturated heterocycles. The molecule has 0 aliphatic heterocycles. The lowest BCUT2D eigenvalue weighted by atomic mass is 9.45. The van der Waals surface area contributed by atoms with Gasteiger partial charge in [-0.15, -0.1) is 0 Å². The van der Waals surface area contributed by atoms with Gasteiger partial charge in [0, 0.05) is 5.41 Å². The van der Waals surface area contributed by atoms with Crippen LogP contribution >= 0.6 is 0 Å². The third-order valence-electron chi connectivity index (χ3n) is 5.92. The molecule has 1 unspecified atom stereocenters. The third-order valence-corrected chi connectivity index (χ3v) is 5.92. The number of aliphatic hydroxyl groups is 1. The molecule has 3 nitrogen and oxygen atoms in total. The molecule has 100 valence electrons. The van der Waals surface area contributed by atoms with E-state index in [1.54, 1.807) is 6.92 Å². The molecule has 2 N–H and O–H groups in total. The summed E-state index contributed by atoms with van der Waals surface area (Å²) in [5.74, 6) is 1.04. The summed E-state index contributed by atoms with van der Waals surface area (Å²) in [7, 11) is 0. The number of carboxylic acid groups (broad SMARTS) is 1. The molecule has 4 aliphatic carbocycles. The maximum Gasteiger partial charge on any atom is 0.333 e. The Bertz CT molecular complexity index is 373. The molecular weight excluding hydrogens is 228 g/mol. The minimum atomic E-state index is -1.26. The van der Waals surface area contributed by atoms with Crippen LogP contribution in [-0.2, 0) is 4.79 Å². The first-order chi connectivity index (χ1) is 8.34. The van der Waals surface area contributed by atoms with Crippen molar-refractivity contribution < 1.29 is 15.0 Å². The van der Waals surface area contributed by atoms with E-state index >= 15 is 0 Å². The number of aliphatic carboxylic acids is 1. The third kappa shape index (κ3) is 1.49. The van der Waals surface area contributed by atoms with Crippen molar-refractivity contribution in [3.63, 3.8) is 0 Å². The highest BCUT2D eigenvalue weighted by molar-refractivity contribution is 5.88. The van der Waals surface area contributed by atoms with Crippen LogP contribution in [0.3, 0.4) is 0 Å². The highest BCUT2D eigenvalue weighted by Crippen LogP contribution is 2.64. The average Bonchev–Trinajstić information content (AvgIpc) is 2.25. The summed E-state index contributed by atoms with van der Waals surface area (Å²) in [4.78, 5) is 11.2. The lowest BCUT2D eigenvalue weighted by Gasteiger charge is -2.61. The fourth-order valence-electron chi connectivity index (χ4n) is 5.24. The summed E-state index contributed by atoms with van der Waals surface area (Å²) < 4.78 is 0. The molecule has 18 heavy (non-hydrogen) atoms. The van der Waals surface area contributed by atoms with Gasteiger partial charge < -0.3 is 10.2 Å². The van der Waals surface area contributed by atoms with E-state index in [2.05, 4.69) is 6.58 Å². The van der Waals surface area contributed by atoms with Crippen LogP contribution < -0.4 is 0 Å². The monoisotopic (exact) mass is 250 g/mol. The second-order valence-electron chi connectivity index (χ2n) is 7.05. The van der Waals surface area contributed by atoms with Gasteiger partial charge in [0.2, 0.25) is 0 Å². The summed E-state index contributed by atoms with van der Waals surface area (Å²) in [5.41, 5.74) is -1.50. The topological polar surface area (TPSA) is 57.5 Å². The summed E-state index contributed by atoms with van der Waals surface area (Å²) in [6.07, 6.45) is 6.81. The molecule has 0 spiro atoms. The van der Waals surface area contributed by atoms with Crippen LogP contribution in [0.25, 0.3) is 0 Å². The quantitative estimate of drug-likeness (QED) is 0.757. The fourth-order valence-corrected chi connectivity index (χ4v) is 5.24. The first-order valence-electron chi connectivity index (χ1n) is 6.99. The maximum atomic E-state index is 11.2. The molecule has 0 aromatic rings. The zero-order valence-electron chi connectivity index (χ0n) is 11.0. The largest absolute Gasteiger partial charge is 0.478 e. The van der Waals surface area contributed by atoms with Crippen LogP contribution in [0.5, 0.6) is 0 Å². The van der Waals surface area contributed by atoms with E-state index in [4.69, 9.17) is 5.11 Å². The Hall–Kier alpha value is -0.830. The predicted octanol–water partition coefficient (Wildman–Crippen LogP) is 2.59. The number of rotatable bonds is 3. The molecule has 3 heteroatoms. The van der Waals surface area contributed by atoms with Gasteiger partial charge in [-0.1, -0.05) is 6.58 Å². The van der Waals surface area contributed by atoms with Gasteiger partial charge in [0.05, 0.1) is 11.2 Å². The van der Waals surface area contributed by atoms with Crippen LogP contribution in [0.4, 0.5) is 0 Å². The van der Waals surface area contributed by atoms with Crippen LogP contribution in [0.15, 0.2) is 12.2 Å². The average molecular weight is 250 g/mol. The van der Waals surface area contributed by atoms with Gasteiger partial charge in [-0.2, -0.15) is 0 Å². The molecule has 4 aliphatic rings. The minimum Gasteiger partial charge on any atom is -0.478 e. The van der Waals surface area contributed by atoms with Gasteiger partial charge in [0.1, 0.15) is 0 Å². The maximum absolute atomic E-state index is 11.2. The SMILES string of the molecule is C=C(C(=O)O)C(C)(O)C12CC3CC(CC(C3)C1)C2. The predicted molar refractivity (Wildman–Crippen MR) is 68.0 cm³/mol. The fraction of sp³-hybridized carbons (Fsp3) is 0.800. The van der Waals surface area contributed by atoms with Crippen molar-refractivity contribution in [2.24, 2.45) is 23.2 Å². The molecule has 4 fully saturated rings. The Balaban J connectivity index is 1.95. The Kier molecular flexibility index (Phi) is 2.44. The van der Waals surface area contributed by atoms with Gasteiger partial charge in [0.15, 0.2) is 0 Å². The molecule has 0 radical (unpaired) electrons. The van der Waals surface area contributed by atoms with Crippen molar-refractivity contribution in [1.29, 1.82) is 0 Å². The molecule has 0 aromatic heterocycles. The van der Waals surface area contributed by atoms with E-state index in [0.717, 1.165) is 19.3 Å².